The molecule has 3 rings (SSSR count). The summed E-state index contributed by atoms with van der Waals surface area (Å²) in [6, 6.07) is 11.8. The summed E-state index contributed by atoms with van der Waals surface area (Å²) in [6.07, 6.45) is 2.46. The molecule has 2 aromatic rings. The number of esters is 1. The number of benzene rings is 2. The summed E-state index contributed by atoms with van der Waals surface area (Å²) in [7, 11) is 1.31. The maximum absolute atomic E-state index is 12.5. The van der Waals surface area contributed by atoms with Crippen molar-refractivity contribution in [1.29, 1.82) is 0 Å². The zero-order chi connectivity index (χ0) is 19.4. The molecule has 1 heterocycles. The number of nitrogens with one attached hydrogen (secondary N) is 1. The van der Waals surface area contributed by atoms with Crippen LogP contribution in [0.2, 0.25) is 0 Å². The van der Waals surface area contributed by atoms with Gasteiger partial charge in [0.1, 0.15) is 0 Å². The number of rotatable bonds is 4. The Bertz CT molecular complexity index is 874. The molecule has 27 heavy (non-hydrogen) atoms. The molecule has 0 aliphatic carbocycles. The Kier molecular flexibility index (Phi) is 5.54. The van der Waals surface area contributed by atoms with Crippen LogP contribution in [0.4, 0.5) is 11.4 Å². The predicted octanol–water partition coefficient (Wildman–Crippen LogP) is 3.55. The minimum absolute atomic E-state index is 0.117. The average molecular weight is 366 g/mol. The minimum Gasteiger partial charge on any atom is -0.465 e. The van der Waals surface area contributed by atoms with E-state index in [-0.39, 0.29) is 11.8 Å². The Hall–Kier alpha value is -3.15. The van der Waals surface area contributed by atoms with Crippen LogP contribution in [0, 0.1) is 6.92 Å². The van der Waals surface area contributed by atoms with Gasteiger partial charge in [-0.3, -0.25) is 9.59 Å². The second-order valence-electron chi connectivity index (χ2n) is 6.53. The number of carbonyl (C=O) groups excluding carboxylic acids is 3. The molecular formula is C21H22N2O4. The van der Waals surface area contributed by atoms with Gasteiger partial charge in [-0.1, -0.05) is 6.07 Å². The van der Waals surface area contributed by atoms with Crippen molar-refractivity contribution in [3.05, 3.63) is 59.2 Å². The molecule has 2 aromatic carbocycles. The normalized spacial score (nSPS) is 14.0. The SMILES string of the molecule is COC(=O)c1ccc(C(=O)Nc2ccc(C)c(N3CCCCC3=O)c2)cc1. The van der Waals surface area contributed by atoms with Crippen molar-refractivity contribution >= 4 is 29.2 Å². The average Bonchev–Trinajstić information content (AvgIpc) is 2.69. The minimum atomic E-state index is -0.448. The molecule has 2 amide bonds. The maximum Gasteiger partial charge on any atom is 0.337 e. The molecule has 1 N–H and O–H groups in total. The maximum atomic E-state index is 12.5. The van der Waals surface area contributed by atoms with Gasteiger partial charge in [0.05, 0.1) is 12.7 Å². The van der Waals surface area contributed by atoms with E-state index in [1.165, 1.54) is 7.11 Å². The topological polar surface area (TPSA) is 75.7 Å². The molecule has 1 aliphatic rings. The molecule has 1 saturated heterocycles. The van der Waals surface area contributed by atoms with E-state index < -0.39 is 5.97 Å². The van der Waals surface area contributed by atoms with E-state index in [4.69, 9.17) is 0 Å². The van der Waals surface area contributed by atoms with Gasteiger partial charge in [0.2, 0.25) is 5.91 Å². The molecule has 0 unspecified atom stereocenters. The van der Waals surface area contributed by atoms with Gasteiger partial charge in [0.25, 0.3) is 5.91 Å². The summed E-state index contributed by atoms with van der Waals surface area (Å²) in [4.78, 5) is 38.0. The molecule has 0 atom stereocenters. The van der Waals surface area contributed by atoms with Crippen LogP contribution in [0.5, 0.6) is 0 Å². The van der Waals surface area contributed by atoms with E-state index >= 15 is 0 Å². The van der Waals surface area contributed by atoms with Crippen molar-refractivity contribution in [2.75, 3.05) is 23.9 Å². The molecule has 0 saturated carbocycles. The van der Waals surface area contributed by atoms with Gasteiger partial charge < -0.3 is 15.0 Å². The van der Waals surface area contributed by atoms with Crippen LogP contribution in [-0.2, 0) is 9.53 Å². The highest BCUT2D eigenvalue weighted by Gasteiger charge is 2.21. The van der Waals surface area contributed by atoms with Crippen LogP contribution < -0.4 is 10.2 Å². The van der Waals surface area contributed by atoms with E-state index in [0.29, 0.717) is 29.8 Å². The molecular weight excluding hydrogens is 344 g/mol. The van der Waals surface area contributed by atoms with Crippen molar-refractivity contribution in [2.24, 2.45) is 0 Å². The van der Waals surface area contributed by atoms with E-state index in [9.17, 15) is 14.4 Å². The Morgan fingerprint density at radius 1 is 1.04 bits per heavy atom. The number of ether oxygens (including phenoxy) is 1. The van der Waals surface area contributed by atoms with Gasteiger partial charge in [-0.05, 0) is 61.7 Å². The highest BCUT2D eigenvalue weighted by Crippen LogP contribution is 2.28. The lowest BCUT2D eigenvalue weighted by molar-refractivity contribution is -0.119. The highest BCUT2D eigenvalue weighted by molar-refractivity contribution is 6.05. The van der Waals surface area contributed by atoms with Crippen molar-refractivity contribution < 1.29 is 19.1 Å². The fourth-order valence-electron chi connectivity index (χ4n) is 3.12. The first kappa shape index (κ1) is 18.6. The third-order valence-corrected chi connectivity index (χ3v) is 4.65. The number of anilines is 2. The quantitative estimate of drug-likeness (QED) is 0.840. The number of methoxy groups -OCH3 is 1. The summed E-state index contributed by atoms with van der Waals surface area (Å²) in [5.41, 5.74) is 3.26. The lowest BCUT2D eigenvalue weighted by Crippen LogP contribution is -2.35. The zero-order valence-electron chi connectivity index (χ0n) is 15.5. The van der Waals surface area contributed by atoms with Gasteiger partial charge in [-0.15, -0.1) is 0 Å². The number of aryl methyl sites for hydroxylation is 1. The van der Waals surface area contributed by atoms with Gasteiger partial charge in [0.15, 0.2) is 0 Å². The van der Waals surface area contributed by atoms with Crippen LogP contribution in [0.3, 0.4) is 0 Å². The molecule has 0 radical (unpaired) electrons. The smallest absolute Gasteiger partial charge is 0.337 e. The van der Waals surface area contributed by atoms with E-state index in [0.717, 1.165) is 24.1 Å². The first-order valence-corrected chi connectivity index (χ1v) is 8.90. The van der Waals surface area contributed by atoms with Crippen LogP contribution in [0.1, 0.15) is 45.5 Å². The van der Waals surface area contributed by atoms with E-state index in [1.807, 2.05) is 25.1 Å². The third-order valence-electron chi connectivity index (χ3n) is 4.65. The first-order chi connectivity index (χ1) is 13.0. The van der Waals surface area contributed by atoms with Gasteiger partial charge in [-0.2, -0.15) is 0 Å². The van der Waals surface area contributed by atoms with Gasteiger partial charge in [-0.25, -0.2) is 4.79 Å². The number of amides is 2. The number of nitrogens with zero attached hydrogens (tertiary/aromatic N) is 1. The van der Waals surface area contributed by atoms with Gasteiger partial charge >= 0.3 is 5.97 Å². The zero-order valence-corrected chi connectivity index (χ0v) is 15.5. The number of piperidine rings is 1. The molecule has 6 heteroatoms. The Labute approximate surface area is 158 Å². The van der Waals surface area contributed by atoms with Crippen molar-refractivity contribution in [3.8, 4) is 0 Å². The molecule has 0 bridgehead atoms. The lowest BCUT2D eigenvalue weighted by atomic mass is 10.1. The van der Waals surface area contributed by atoms with E-state index in [1.54, 1.807) is 29.2 Å². The Morgan fingerprint density at radius 2 is 1.74 bits per heavy atom. The third kappa shape index (κ3) is 4.16. The Balaban J connectivity index is 1.77. The lowest BCUT2D eigenvalue weighted by Gasteiger charge is -2.28. The monoisotopic (exact) mass is 366 g/mol. The molecule has 0 spiro atoms. The number of carbonyl (C=O) groups is 3. The molecule has 6 nitrogen and oxygen atoms in total. The van der Waals surface area contributed by atoms with Gasteiger partial charge in [0, 0.05) is 29.9 Å². The molecule has 1 fully saturated rings. The molecule has 0 aromatic heterocycles. The summed E-state index contributed by atoms with van der Waals surface area (Å²) in [5.74, 6) is -0.617. The second-order valence-corrected chi connectivity index (χ2v) is 6.53. The molecule has 140 valence electrons. The summed E-state index contributed by atoms with van der Waals surface area (Å²) in [6.45, 7) is 2.65. The standard InChI is InChI=1S/C21H22N2O4/c1-14-6-11-17(13-18(14)23-12-4-3-5-19(23)24)22-20(25)15-7-9-16(10-8-15)21(26)27-2/h6-11,13H,3-5,12H2,1-2H3,(H,22,25). The van der Waals surface area contributed by atoms with Crippen LogP contribution in [0.15, 0.2) is 42.5 Å². The highest BCUT2D eigenvalue weighted by atomic mass is 16.5. The second kappa shape index (κ2) is 8.03. The van der Waals surface area contributed by atoms with Crippen LogP contribution in [0.25, 0.3) is 0 Å². The fourth-order valence-corrected chi connectivity index (χ4v) is 3.12. The van der Waals surface area contributed by atoms with Crippen molar-refractivity contribution in [1.82, 2.24) is 0 Å². The van der Waals surface area contributed by atoms with E-state index in [2.05, 4.69) is 10.1 Å². The first-order valence-electron chi connectivity index (χ1n) is 8.90. The summed E-state index contributed by atoms with van der Waals surface area (Å²) < 4.78 is 4.65. The Morgan fingerprint density at radius 3 is 2.41 bits per heavy atom. The summed E-state index contributed by atoms with van der Waals surface area (Å²) >= 11 is 0. The molecule has 1 aliphatic heterocycles. The summed E-state index contributed by atoms with van der Waals surface area (Å²) in [5, 5.41) is 2.85. The largest absolute Gasteiger partial charge is 0.465 e. The number of hydrogen-bond acceptors (Lipinski definition) is 4. The fraction of sp³-hybridized carbons (Fsp3) is 0.286. The van der Waals surface area contributed by atoms with Crippen LogP contribution in [-0.4, -0.2) is 31.4 Å². The predicted molar refractivity (Wildman–Crippen MR) is 103 cm³/mol. The van der Waals surface area contributed by atoms with Crippen LogP contribution >= 0.6 is 0 Å². The van der Waals surface area contributed by atoms with Crippen molar-refractivity contribution in [2.45, 2.75) is 26.2 Å². The number of hydrogen-bond donors (Lipinski definition) is 1. The van der Waals surface area contributed by atoms with Crippen molar-refractivity contribution in [3.63, 3.8) is 0 Å².